The lowest BCUT2D eigenvalue weighted by Gasteiger charge is -2.07. The Balaban J connectivity index is 2.65. The van der Waals surface area contributed by atoms with Crippen molar-refractivity contribution >= 4 is 16.9 Å². The zero-order chi connectivity index (χ0) is 12.8. The Morgan fingerprint density at radius 1 is 1.24 bits per heavy atom. The first kappa shape index (κ1) is 11.6. The van der Waals surface area contributed by atoms with Crippen LogP contribution >= 0.6 is 0 Å². The van der Waals surface area contributed by atoms with E-state index in [0.29, 0.717) is 10.1 Å². The summed E-state index contributed by atoms with van der Waals surface area (Å²) in [6.45, 7) is 3.60. The summed E-state index contributed by atoms with van der Waals surface area (Å²) in [6, 6.07) is 3.19. The molecule has 0 aliphatic heterocycles. The molecule has 0 spiro atoms. The van der Waals surface area contributed by atoms with Crippen LogP contribution in [0.1, 0.15) is 15.9 Å². The van der Waals surface area contributed by atoms with Gasteiger partial charge in [0.05, 0.1) is 11.0 Å². The molecule has 0 saturated carbocycles. The zero-order valence-electron chi connectivity index (χ0n) is 9.17. The van der Waals surface area contributed by atoms with Crippen LogP contribution in [0.15, 0.2) is 18.5 Å². The van der Waals surface area contributed by atoms with Gasteiger partial charge in [0.2, 0.25) is 0 Å². The van der Waals surface area contributed by atoms with Crippen molar-refractivity contribution in [3.05, 3.63) is 29.6 Å². The molecule has 0 atom stereocenters. The van der Waals surface area contributed by atoms with Gasteiger partial charge in [0, 0.05) is 0 Å². The van der Waals surface area contributed by atoms with Gasteiger partial charge in [0.15, 0.2) is 0 Å². The van der Waals surface area contributed by atoms with Gasteiger partial charge in [-0.3, -0.25) is 9.36 Å². The zero-order valence-corrected chi connectivity index (χ0v) is 9.17. The largest absolute Gasteiger partial charge is 0.472 e. The van der Waals surface area contributed by atoms with Crippen LogP contribution in [0.3, 0.4) is 0 Å². The quantitative estimate of drug-likeness (QED) is 0.712. The summed E-state index contributed by atoms with van der Waals surface area (Å²) in [5.41, 5.74) is 2.29. The van der Waals surface area contributed by atoms with E-state index in [1.807, 2.05) is 6.92 Å². The molecule has 1 aromatic carbocycles. The highest BCUT2D eigenvalue weighted by Crippen LogP contribution is 2.23. The topological polar surface area (TPSA) is 34.9 Å². The Morgan fingerprint density at radius 3 is 2.41 bits per heavy atom. The van der Waals surface area contributed by atoms with E-state index in [4.69, 9.17) is 0 Å². The first-order valence-electron chi connectivity index (χ1n) is 4.86. The molecule has 0 bridgehead atoms. The van der Waals surface area contributed by atoms with E-state index in [1.54, 1.807) is 13.0 Å². The number of nitrogens with zero attached hydrogens (tertiary/aromatic N) is 2. The number of aryl methyl sites for hydroxylation is 2. The predicted molar refractivity (Wildman–Crippen MR) is 55.9 cm³/mol. The molecule has 2 aromatic rings. The minimum atomic E-state index is -4.90. The van der Waals surface area contributed by atoms with Crippen molar-refractivity contribution in [2.75, 3.05) is 0 Å². The average Bonchev–Trinajstić information content (AvgIpc) is 2.59. The molecule has 0 unspecified atom stereocenters. The monoisotopic (exact) mass is 242 g/mol. The fraction of sp³-hybridized carbons (Fsp3) is 0.273. The summed E-state index contributed by atoms with van der Waals surface area (Å²) in [4.78, 5) is 14.9. The number of carbonyl (C=O) groups is 1. The van der Waals surface area contributed by atoms with Gasteiger partial charge >= 0.3 is 12.1 Å². The molecule has 17 heavy (non-hydrogen) atoms. The highest BCUT2D eigenvalue weighted by molar-refractivity contribution is 5.93. The Labute approximate surface area is 94.9 Å². The van der Waals surface area contributed by atoms with Crippen LogP contribution in [-0.2, 0) is 0 Å². The molecule has 2 rings (SSSR count). The molecular formula is C11H9F3N2O. The van der Waals surface area contributed by atoms with E-state index in [1.165, 1.54) is 6.07 Å². The van der Waals surface area contributed by atoms with Crippen LogP contribution in [-0.4, -0.2) is 21.6 Å². The van der Waals surface area contributed by atoms with E-state index >= 15 is 0 Å². The lowest BCUT2D eigenvalue weighted by Crippen LogP contribution is -2.28. The van der Waals surface area contributed by atoms with Gasteiger partial charge < -0.3 is 0 Å². The first-order chi connectivity index (χ1) is 7.80. The number of alkyl halides is 3. The highest BCUT2D eigenvalue weighted by atomic mass is 19.4. The predicted octanol–water partition coefficient (Wildman–Crippen LogP) is 2.86. The third-order valence-corrected chi connectivity index (χ3v) is 2.62. The van der Waals surface area contributed by atoms with Gasteiger partial charge in [0.25, 0.3) is 0 Å². The second-order valence-corrected chi connectivity index (χ2v) is 3.84. The van der Waals surface area contributed by atoms with E-state index in [9.17, 15) is 18.0 Å². The van der Waals surface area contributed by atoms with Crippen molar-refractivity contribution < 1.29 is 18.0 Å². The SMILES string of the molecule is Cc1cc2ncn(C(=O)C(F)(F)F)c2cc1C. The van der Waals surface area contributed by atoms with Crippen molar-refractivity contribution in [1.29, 1.82) is 0 Å². The standard InChI is InChI=1S/C11H9F3N2O/c1-6-3-8-9(4-7(6)2)16(5-15-8)10(17)11(12,13)14/h3-5H,1-2H3. The number of hydrogen-bond donors (Lipinski definition) is 0. The summed E-state index contributed by atoms with van der Waals surface area (Å²) >= 11 is 0. The molecule has 3 nitrogen and oxygen atoms in total. The summed E-state index contributed by atoms with van der Waals surface area (Å²) in [5.74, 6) is -1.93. The number of imidazole rings is 1. The fourth-order valence-corrected chi connectivity index (χ4v) is 1.56. The molecule has 1 heterocycles. The second kappa shape index (κ2) is 3.58. The summed E-state index contributed by atoms with van der Waals surface area (Å²) in [5, 5.41) is 0. The molecular weight excluding hydrogens is 233 g/mol. The Bertz CT molecular complexity index is 599. The van der Waals surface area contributed by atoms with Crippen molar-refractivity contribution in [1.82, 2.24) is 9.55 Å². The number of carbonyl (C=O) groups excluding carboxylic acids is 1. The van der Waals surface area contributed by atoms with Crippen LogP contribution < -0.4 is 0 Å². The number of hydrogen-bond acceptors (Lipinski definition) is 2. The first-order valence-corrected chi connectivity index (χ1v) is 4.86. The molecule has 0 fully saturated rings. The number of halogens is 3. The molecule has 0 N–H and O–H groups in total. The number of fused-ring (bicyclic) bond motifs is 1. The summed E-state index contributed by atoms with van der Waals surface area (Å²) in [6.07, 6.45) is -3.99. The van der Waals surface area contributed by atoms with Gasteiger partial charge in [-0.05, 0) is 37.1 Å². The lowest BCUT2D eigenvalue weighted by molar-refractivity contribution is -0.0943. The molecule has 0 saturated heterocycles. The Hall–Kier alpha value is -1.85. The van der Waals surface area contributed by atoms with Crippen LogP contribution in [0, 0.1) is 13.8 Å². The minimum absolute atomic E-state index is 0.176. The van der Waals surface area contributed by atoms with Crippen molar-refractivity contribution in [3.63, 3.8) is 0 Å². The summed E-state index contributed by atoms with van der Waals surface area (Å²) in [7, 11) is 0. The van der Waals surface area contributed by atoms with Crippen LogP contribution in [0.2, 0.25) is 0 Å². The van der Waals surface area contributed by atoms with Crippen molar-refractivity contribution in [2.24, 2.45) is 0 Å². The van der Waals surface area contributed by atoms with Crippen LogP contribution in [0.4, 0.5) is 13.2 Å². The van der Waals surface area contributed by atoms with E-state index in [2.05, 4.69) is 4.98 Å². The Kier molecular flexibility index (Phi) is 2.45. The normalized spacial score (nSPS) is 12.1. The number of rotatable bonds is 0. The van der Waals surface area contributed by atoms with Gasteiger partial charge in [-0.15, -0.1) is 0 Å². The third-order valence-electron chi connectivity index (χ3n) is 2.62. The van der Waals surface area contributed by atoms with E-state index in [0.717, 1.165) is 17.5 Å². The van der Waals surface area contributed by atoms with Crippen LogP contribution in [0.5, 0.6) is 0 Å². The van der Waals surface area contributed by atoms with E-state index in [-0.39, 0.29) is 5.52 Å². The number of aromatic nitrogens is 2. The second-order valence-electron chi connectivity index (χ2n) is 3.84. The average molecular weight is 242 g/mol. The molecule has 0 aliphatic rings. The van der Waals surface area contributed by atoms with Gasteiger partial charge in [-0.25, -0.2) is 4.98 Å². The van der Waals surface area contributed by atoms with Gasteiger partial charge in [-0.1, -0.05) is 0 Å². The van der Waals surface area contributed by atoms with Gasteiger partial charge in [-0.2, -0.15) is 13.2 Å². The molecule has 0 aliphatic carbocycles. The molecule has 90 valence electrons. The Morgan fingerprint density at radius 2 is 1.82 bits per heavy atom. The van der Waals surface area contributed by atoms with Crippen molar-refractivity contribution in [3.8, 4) is 0 Å². The van der Waals surface area contributed by atoms with Crippen molar-refractivity contribution in [2.45, 2.75) is 20.0 Å². The van der Waals surface area contributed by atoms with Gasteiger partial charge in [0.1, 0.15) is 6.33 Å². The van der Waals surface area contributed by atoms with E-state index < -0.39 is 12.1 Å². The number of benzene rings is 1. The smallest absolute Gasteiger partial charge is 0.264 e. The molecule has 1 aromatic heterocycles. The highest BCUT2D eigenvalue weighted by Gasteiger charge is 2.40. The lowest BCUT2D eigenvalue weighted by atomic mass is 10.1. The molecule has 6 heteroatoms. The molecule has 0 radical (unpaired) electrons. The minimum Gasteiger partial charge on any atom is -0.264 e. The summed E-state index contributed by atoms with van der Waals surface area (Å²) < 4.78 is 37.5. The molecule has 0 amide bonds. The third kappa shape index (κ3) is 1.90. The maximum absolute atomic E-state index is 12.3. The van der Waals surface area contributed by atoms with Crippen LogP contribution in [0.25, 0.3) is 11.0 Å². The maximum atomic E-state index is 12.3. The maximum Gasteiger partial charge on any atom is 0.472 e. The fourth-order valence-electron chi connectivity index (χ4n) is 1.56.